The SMILES string of the molecule is CCN(CCC(=O)O)C(=O)N(C)C(C)CSC. The van der Waals surface area contributed by atoms with Gasteiger partial charge >= 0.3 is 12.0 Å². The van der Waals surface area contributed by atoms with E-state index in [9.17, 15) is 9.59 Å². The van der Waals surface area contributed by atoms with E-state index >= 15 is 0 Å². The quantitative estimate of drug-likeness (QED) is 0.757. The van der Waals surface area contributed by atoms with Gasteiger partial charge in [0.15, 0.2) is 0 Å². The van der Waals surface area contributed by atoms with E-state index in [-0.39, 0.29) is 25.0 Å². The molecule has 1 atom stereocenters. The van der Waals surface area contributed by atoms with Crippen LogP contribution in [0.5, 0.6) is 0 Å². The second-order valence-electron chi connectivity index (χ2n) is 3.92. The van der Waals surface area contributed by atoms with Crippen LogP contribution < -0.4 is 0 Å². The van der Waals surface area contributed by atoms with Crippen molar-refractivity contribution in [2.75, 3.05) is 32.1 Å². The average molecular weight is 262 g/mol. The van der Waals surface area contributed by atoms with Gasteiger partial charge in [-0.2, -0.15) is 11.8 Å². The first-order chi connectivity index (χ1) is 7.93. The molecular weight excluding hydrogens is 240 g/mol. The number of carboxylic acid groups (broad SMARTS) is 1. The zero-order valence-corrected chi connectivity index (χ0v) is 11.8. The number of carboxylic acids is 1. The lowest BCUT2D eigenvalue weighted by Gasteiger charge is -2.30. The van der Waals surface area contributed by atoms with Crippen LogP contribution >= 0.6 is 11.8 Å². The number of amides is 2. The Morgan fingerprint density at radius 1 is 1.41 bits per heavy atom. The maximum atomic E-state index is 12.1. The molecule has 0 fully saturated rings. The number of carbonyl (C=O) groups is 2. The lowest BCUT2D eigenvalue weighted by atomic mass is 10.3. The largest absolute Gasteiger partial charge is 0.481 e. The van der Waals surface area contributed by atoms with Gasteiger partial charge in [-0.15, -0.1) is 0 Å². The highest BCUT2D eigenvalue weighted by Gasteiger charge is 2.20. The minimum atomic E-state index is -0.879. The van der Waals surface area contributed by atoms with Gasteiger partial charge in [-0.1, -0.05) is 0 Å². The topological polar surface area (TPSA) is 60.9 Å². The van der Waals surface area contributed by atoms with Crippen molar-refractivity contribution in [3.05, 3.63) is 0 Å². The fourth-order valence-corrected chi connectivity index (χ4v) is 2.09. The second-order valence-corrected chi connectivity index (χ2v) is 4.83. The van der Waals surface area contributed by atoms with Crippen LogP contribution in [0, 0.1) is 0 Å². The van der Waals surface area contributed by atoms with Crippen molar-refractivity contribution in [3.63, 3.8) is 0 Å². The molecule has 0 rings (SSSR count). The van der Waals surface area contributed by atoms with Crippen molar-refractivity contribution in [1.82, 2.24) is 9.80 Å². The van der Waals surface area contributed by atoms with E-state index in [1.54, 1.807) is 28.6 Å². The van der Waals surface area contributed by atoms with E-state index in [4.69, 9.17) is 5.11 Å². The van der Waals surface area contributed by atoms with Crippen LogP contribution in [0.4, 0.5) is 4.79 Å². The van der Waals surface area contributed by atoms with Crippen LogP contribution in [0.3, 0.4) is 0 Å². The van der Waals surface area contributed by atoms with E-state index in [1.807, 2.05) is 20.1 Å². The summed E-state index contributed by atoms with van der Waals surface area (Å²) in [5, 5.41) is 8.62. The summed E-state index contributed by atoms with van der Waals surface area (Å²) >= 11 is 1.69. The van der Waals surface area contributed by atoms with Gasteiger partial charge in [-0.3, -0.25) is 4.79 Å². The molecule has 1 N–H and O–H groups in total. The van der Waals surface area contributed by atoms with Crippen LogP contribution in [0.1, 0.15) is 20.3 Å². The molecule has 1 unspecified atom stereocenters. The summed E-state index contributed by atoms with van der Waals surface area (Å²) in [6, 6.07) is 0.0479. The Balaban J connectivity index is 4.36. The molecule has 0 heterocycles. The predicted octanol–water partition coefficient (Wildman–Crippen LogP) is 1.59. The van der Waals surface area contributed by atoms with Crippen LogP contribution in [-0.4, -0.2) is 65.1 Å². The van der Waals surface area contributed by atoms with Crippen LogP contribution in [0.25, 0.3) is 0 Å². The third-order valence-corrected chi connectivity index (χ3v) is 3.43. The molecule has 0 bridgehead atoms. The molecular formula is C11H22N2O3S. The van der Waals surface area contributed by atoms with Crippen molar-refractivity contribution < 1.29 is 14.7 Å². The zero-order chi connectivity index (χ0) is 13.4. The molecule has 0 saturated carbocycles. The van der Waals surface area contributed by atoms with E-state index in [0.717, 1.165) is 5.75 Å². The van der Waals surface area contributed by atoms with E-state index in [2.05, 4.69) is 0 Å². The molecule has 0 aliphatic carbocycles. The summed E-state index contributed by atoms with van der Waals surface area (Å²) in [7, 11) is 1.76. The van der Waals surface area contributed by atoms with Crippen molar-refractivity contribution >= 4 is 23.8 Å². The maximum Gasteiger partial charge on any atom is 0.320 e. The summed E-state index contributed by atoms with van der Waals surface area (Å²) in [6.45, 7) is 4.63. The number of nitrogens with zero attached hydrogens (tertiary/aromatic N) is 2. The first kappa shape index (κ1) is 16.1. The fourth-order valence-electron chi connectivity index (χ4n) is 1.38. The minimum absolute atomic E-state index is 0.00959. The highest BCUT2D eigenvalue weighted by molar-refractivity contribution is 7.98. The van der Waals surface area contributed by atoms with Crippen molar-refractivity contribution in [2.24, 2.45) is 0 Å². The number of hydrogen-bond acceptors (Lipinski definition) is 3. The summed E-state index contributed by atoms with van der Waals surface area (Å²) < 4.78 is 0. The third kappa shape index (κ3) is 5.81. The van der Waals surface area contributed by atoms with Gasteiger partial charge in [0.2, 0.25) is 0 Å². The van der Waals surface area contributed by atoms with Gasteiger partial charge in [0.1, 0.15) is 0 Å². The summed E-state index contributed by atoms with van der Waals surface area (Å²) in [6.07, 6.45) is 1.99. The molecule has 0 aromatic heterocycles. The number of aliphatic carboxylic acids is 1. The highest BCUT2D eigenvalue weighted by Crippen LogP contribution is 2.07. The van der Waals surface area contributed by atoms with Gasteiger partial charge in [0.25, 0.3) is 0 Å². The van der Waals surface area contributed by atoms with Crippen LogP contribution in [0.15, 0.2) is 0 Å². The number of thioether (sulfide) groups is 1. The fraction of sp³-hybridized carbons (Fsp3) is 0.818. The number of hydrogen-bond donors (Lipinski definition) is 1. The van der Waals surface area contributed by atoms with Crippen molar-refractivity contribution in [2.45, 2.75) is 26.3 Å². The van der Waals surface area contributed by atoms with Gasteiger partial charge < -0.3 is 14.9 Å². The van der Waals surface area contributed by atoms with Gasteiger partial charge in [0, 0.05) is 31.9 Å². The molecule has 0 radical (unpaired) electrons. The van der Waals surface area contributed by atoms with Crippen molar-refractivity contribution in [3.8, 4) is 0 Å². The first-order valence-electron chi connectivity index (χ1n) is 5.66. The minimum Gasteiger partial charge on any atom is -0.481 e. The normalized spacial score (nSPS) is 12.0. The van der Waals surface area contributed by atoms with Crippen LogP contribution in [0.2, 0.25) is 0 Å². The zero-order valence-electron chi connectivity index (χ0n) is 11.0. The molecule has 2 amide bonds. The molecule has 100 valence electrons. The summed E-state index contributed by atoms with van der Waals surface area (Å²) in [5.41, 5.74) is 0. The Morgan fingerprint density at radius 3 is 2.41 bits per heavy atom. The lowest BCUT2D eigenvalue weighted by molar-refractivity contribution is -0.137. The number of carbonyl (C=O) groups excluding carboxylic acids is 1. The molecule has 0 aliphatic rings. The molecule has 0 saturated heterocycles. The predicted molar refractivity (Wildman–Crippen MR) is 70.5 cm³/mol. The number of rotatable bonds is 7. The van der Waals surface area contributed by atoms with E-state index in [1.165, 1.54) is 0 Å². The second kappa shape index (κ2) is 8.22. The Hall–Kier alpha value is -0.910. The standard InChI is InChI=1S/C11H22N2O3S/c1-5-13(7-6-10(14)15)11(16)12(3)9(2)8-17-4/h9H,5-8H2,1-4H3,(H,14,15). The Morgan fingerprint density at radius 2 is 2.00 bits per heavy atom. The Labute approximate surface area is 107 Å². The van der Waals surface area contributed by atoms with Crippen molar-refractivity contribution in [1.29, 1.82) is 0 Å². The monoisotopic (exact) mass is 262 g/mol. The number of urea groups is 1. The van der Waals surface area contributed by atoms with Gasteiger partial charge in [0.05, 0.1) is 6.42 Å². The molecule has 6 heteroatoms. The van der Waals surface area contributed by atoms with Crippen LogP contribution in [-0.2, 0) is 4.79 Å². The molecule has 17 heavy (non-hydrogen) atoms. The third-order valence-electron chi connectivity index (χ3n) is 2.62. The molecule has 5 nitrogen and oxygen atoms in total. The molecule has 0 aliphatic heterocycles. The lowest BCUT2D eigenvalue weighted by Crippen LogP contribution is -2.46. The Bertz CT molecular complexity index is 261. The molecule has 0 aromatic carbocycles. The maximum absolute atomic E-state index is 12.1. The van der Waals surface area contributed by atoms with Gasteiger partial charge in [-0.05, 0) is 20.1 Å². The molecule has 0 aromatic rings. The van der Waals surface area contributed by atoms with E-state index in [0.29, 0.717) is 6.54 Å². The average Bonchev–Trinajstić information content (AvgIpc) is 2.28. The first-order valence-corrected chi connectivity index (χ1v) is 7.05. The smallest absolute Gasteiger partial charge is 0.320 e. The Kier molecular flexibility index (Phi) is 7.78. The van der Waals surface area contributed by atoms with Gasteiger partial charge in [-0.25, -0.2) is 4.79 Å². The molecule has 0 spiro atoms. The summed E-state index contributed by atoms with van der Waals surface area (Å²) in [5.74, 6) is -0.00491. The summed E-state index contributed by atoms with van der Waals surface area (Å²) in [4.78, 5) is 25.8. The van der Waals surface area contributed by atoms with E-state index < -0.39 is 5.97 Å². The highest BCUT2D eigenvalue weighted by atomic mass is 32.2.